The highest BCUT2D eigenvalue weighted by atomic mass is 35.5. The molecule has 0 spiro atoms. The highest BCUT2D eigenvalue weighted by molar-refractivity contribution is 7.94. The Balaban J connectivity index is 2.06. The first-order chi connectivity index (χ1) is 13.7. The summed E-state index contributed by atoms with van der Waals surface area (Å²) in [5, 5.41) is 17.3. The summed E-state index contributed by atoms with van der Waals surface area (Å²) in [5.41, 5.74) is -0.0376. The van der Waals surface area contributed by atoms with E-state index in [4.69, 9.17) is 17.0 Å². The molecule has 0 amide bonds. The second-order valence-corrected chi connectivity index (χ2v) is 6.63. The molecule has 0 aromatic heterocycles. The van der Waals surface area contributed by atoms with Crippen molar-refractivity contribution in [2.24, 2.45) is 5.10 Å². The molecule has 1 aliphatic carbocycles. The fourth-order valence-corrected chi connectivity index (χ4v) is 3.57. The third-order valence-electron chi connectivity index (χ3n) is 4.25. The van der Waals surface area contributed by atoms with Crippen molar-refractivity contribution in [1.29, 1.82) is 0 Å². The van der Waals surface area contributed by atoms with Gasteiger partial charge in [0.15, 0.2) is 5.43 Å². The monoisotopic (exact) mass is 415 g/mol. The van der Waals surface area contributed by atoms with Gasteiger partial charge in [-0.2, -0.15) is 5.10 Å². The van der Waals surface area contributed by atoms with E-state index in [0.717, 1.165) is 12.0 Å². The van der Waals surface area contributed by atoms with Gasteiger partial charge in [-0.3, -0.25) is 9.59 Å². The minimum atomic E-state index is -0.561. The molecule has 0 radical (unpaired) electrons. The second kappa shape index (κ2) is 7.66. The van der Waals surface area contributed by atoms with Gasteiger partial charge in [-0.1, -0.05) is 41.4 Å². The van der Waals surface area contributed by atoms with E-state index in [0.29, 0.717) is 21.2 Å². The number of aromatic nitrogens is 1. The molecule has 0 bridgehead atoms. The Kier molecular flexibility index (Phi) is 5.07. The largest absolute Gasteiger partial charge is 0.288 e. The number of nitrogens with one attached hydrogen (secondary N) is 1. The predicted octanol–water partition coefficient (Wildman–Crippen LogP) is 2.21. The van der Waals surface area contributed by atoms with Crippen LogP contribution in [0, 0.1) is 10.4 Å². The van der Waals surface area contributed by atoms with Crippen LogP contribution in [0.15, 0.2) is 68.1 Å². The molecule has 2 N–H and O–H groups in total. The van der Waals surface area contributed by atoms with E-state index in [9.17, 15) is 9.59 Å². The Morgan fingerprint density at radius 2 is 1.75 bits per heavy atom. The van der Waals surface area contributed by atoms with Gasteiger partial charge < -0.3 is 0 Å². The van der Waals surface area contributed by atoms with E-state index in [1.165, 1.54) is 0 Å². The number of rotatable bonds is 5. The van der Waals surface area contributed by atoms with Gasteiger partial charge >= 0.3 is 0 Å². The number of hydrogen-bond acceptors (Lipinski definition) is 9. The third kappa shape index (κ3) is 3.05. The molecule has 0 fully saturated rings. The fourth-order valence-electron chi connectivity index (χ4n) is 3.13. The van der Waals surface area contributed by atoms with Gasteiger partial charge in [0.1, 0.15) is 5.36 Å². The minimum absolute atomic E-state index is 0.113. The Morgan fingerprint density at radius 3 is 2.43 bits per heavy atom. The maximum absolute atomic E-state index is 13.1. The summed E-state index contributed by atoms with van der Waals surface area (Å²) in [7, 11) is 0. The van der Waals surface area contributed by atoms with Gasteiger partial charge in [0, 0.05) is 33.0 Å². The molecule has 4 rings (SSSR count). The van der Waals surface area contributed by atoms with Crippen molar-refractivity contribution in [1.82, 2.24) is 9.93 Å². The fraction of sp³-hybridized carbons (Fsp3) is 0. The number of nitrogens with zero attached hydrogens (tertiary/aromatic N) is 2. The molecule has 0 saturated heterocycles. The summed E-state index contributed by atoms with van der Waals surface area (Å²) in [6, 6.07) is 13.5. The van der Waals surface area contributed by atoms with Crippen LogP contribution in [0.2, 0.25) is 0 Å². The summed E-state index contributed by atoms with van der Waals surface area (Å²) in [6.07, 6.45) is 0. The Bertz CT molecular complexity index is 1380. The minimum Gasteiger partial charge on any atom is -0.288 e. The molecule has 2 aromatic carbocycles. The molecule has 2 aliphatic rings. The standard InChI is InChI=1S/C18H10ClN3O5S/c19-22-21-16-11-3-1-2-4-12(11)17(23)13-14(16)18(24)20-15(13)9-5-7-10(8-6-9)28-27-26-25/h1-8,22,25H. The number of fused-ring (bicyclic) bond motifs is 1. The average Bonchev–Trinajstić information content (AvgIpc) is 3.07. The molecule has 0 atom stereocenters. The van der Waals surface area contributed by atoms with Gasteiger partial charge in [0.25, 0.3) is 5.56 Å². The first-order valence-electron chi connectivity index (χ1n) is 7.86. The molecular weight excluding hydrogens is 406 g/mol. The van der Waals surface area contributed by atoms with E-state index in [-0.39, 0.29) is 26.9 Å². The lowest BCUT2D eigenvalue weighted by Crippen LogP contribution is -2.21. The second-order valence-electron chi connectivity index (χ2n) is 5.69. The third-order valence-corrected chi connectivity index (χ3v) is 4.93. The number of hydrogen-bond donors (Lipinski definition) is 2. The van der Waals surface area contributed by atoms with Crippen LogP contribution < -0.4 is 21.3 Å². The lowest BCUT2D eigenvalue weighted by atomic mass is 10.0. The zero-order valence-corrected chi connectivity index (χ0v) is 15.5. The van der Waals surface area contributed by atoms with E-state index in [1.807, 2.05) is 0 Å². The average molecular weight is 416 g/mol. The Morgan fingerprint density at radius 1 is 1.04 bits per heavy atom. The SMILES string of the molecule is O=c1nc(-c2ccc(SOOO)cc2)c2c(=O)c3ccccc3c(=NNCl)c1=2. The summed E-state index contributed by atoms with van der Waals surface area (Å²) in [4.78, 5) is 32.6. The van der Waals surface area contributed by atoms with Crippen LogP contribution in [0.25, 0.3) is 22.0 Å². The van der Waals surface area contributed by atoms with Crippen molar-refractivity contribution in [3.63, 3.8) is 0 Å². The van der Waals surface area contributed by atoms with E-state index in [1.54, 1.807) is 48.5 Å². The van der Waals surface area contributed by atoms with Gasteiger partial charge in [0.2, 0.25) is 0 Å². The highest BCUT2D eigenvalue weighted by Gasteiger charge is 2.17. The molecule has 8 nitrogen and oxygen atoms in total. The van der Waals surface area contributed by atoms with Gasteiger partial charge in [0.05, 0.1) is 28.2 Å². The molecule has 1 aliphatic heterocycles. The molecule has 140 valence electrons. The van der Waals surface area contributed by atoms with Crippen molar-refractivity contribution < 1.29 is 14.6 Å². The van der Waals surface area contributed by atoms with E-state index in [2.05, 4.69) is 24.4 Å². The predicted molar refractivity (Wildman–Crippen MR) is 103 cm³/mol. The van der Waals surface area contributed by atoms with Crippen LogP contribution in [0.3, 0.4) is 0 Å². The van der Waals surface area contributed by atoms with Crippen molar-refractivity contribution >= 4 is 34.6 Å². The van der Waals surface area contributed by atoms with Crippen LogP contribution in [0.4, 0.5) is 0 Å². The normalized spacial score (nSPS) is 12.1. The summed E-state index contributed by atoms with van der Waals surface area (Å²) < 4.78 is 4.37. The lowest BCUT2D eigenvalue weighted by molar-refractivity contribution is -0.432. The van der Waals surface area contributed by atoms with Crippen LogP contribution in [-0.2, 0) is 9.37 Å². The molecule has 1 heterocycles. The van der Waals surface area contributed by atoms with Crippen LogP contribution in [-0.4, -0.2) is 10.2 Å². The Labute approximate surface area is 165 Å². The zero-order chi connectivity index (χ0) is 19.7. The van der Waals surface area contributed by atoms with Crippen LogP contribution >= 0.6 is 23.8 Å². The summed E-state index contributed by atoms with van der Waals surface area (Å²) in [6.45, 7) is 0. The Hall–Kier alpha value is -2.82. The summed E-state index contributed by atoms with van der Waals surface area (Å²) >= 11 is 6.35. The van der Waals surface area contributed by atoms with Crippen molar-refractivity contribution in [3.05, 3.63) is 84.9 Å². The van der Waals surface area contributed by atoms with Crippen LogP contribution in [0.5, 0.6) is 0 Å². The van der Waals surface area contributed by atoms with Crippen molar-refractivity contribution in [2.75, 3.05) is 0 Å². The van der Waals surface area contributed by atoms with Crippen LogP contribution in [0.1, 0.15) is 0 Å². The van der Waals surface area contributed by atoms with Crippen molar-refractivity contribution in [2.45, 2.75) is 4.90 Å². The maximum Gasteiger partial charge on any atom is 0.280 e. The molecular formula is C18H10ClN3O5S. The summed E-state index contributed by atoms with van der Waals surface area (Å²) in [5.74, 6) is 0. The smallest absolute Gasteiger partial charge is 0.280 e. The molecule has 28 heavy (non-hydrogen) atoms. The quantitative estimate of drug-likeness (QED) is 0.221. The topological polar surface area (TPSA) is 110 Å². The zero-order valence-electron chi connectivity index (χ0n) is 13.9. The van der Waals surface area contributed by atoms with E-state index < -0.39 is 5.56 Å². The van der Waals surface area contributed by atoms with Gasteiger partial charge in [-0.25, -0.2) is 15.2 Å². The molecule has 0 saturated carbocycles. The first kappa shape index (κ1) is 18.5. The molecule has 0 unspecified atom stereocenters. The van der Waals surface area contributed by atoms with Gasteiger partial charge in [-0.05, 0) is 12.1 Å². The van der Waals surface area contributed by atoms with E-state index >= 15 is 0 Å². The maximum atomic E-state index is 13.1. The lowest BCUT2D eigenvalue weighted by Gasteiger charge is -2.01. The highest BCUT2D eigenvalue weighted by Crippen LogP contribution is 2.24. The molecule has 10 heteroatoms. The van der Waals surface area contributed by atoms with Crippen molar-refractivity contribution in [3.8, 4) is 11.3 Å². The first-order valence-corrected chi connectivity index (χ1v) is 8.98. The number of halogens is 1. The number of benzene rings is 2. The van der Waals surface area contributed by atoms with Gasteiger partial charge in [-0.15, -0.1) is 4.33 Å². The molecule has 2 aromatic rings.